The fraction of sp³-hybridized carbons (Fsp3) is 0.810. The van der Waals surface area contributed by atoms with Crippen LogP contribution in [0.15, 0.2) is 12.2 Å². The van der Waals surface area contributed by atoms with Crippen molar-refractivity contribution in [3.63, 3.8) is 0 Å². The fourth-order valence-electron chi connectivity index (χ4n) is 2.58. The predicted molar refractivity (Wildman–Crippen MR) is 109 cm³/mol. The average molecular weight is 417 g/mol. The van der Waals surface area contributed by atoms with Crippen molar-refractivity contribution in [3.8, 4) is 0 Å². The van der Waals surface area contributed by atoms with E-state index in [-0.39, 0.29) is 0 Å². The molecule has 0 aliphatic rings. The molecule has 3 nitrogen and oxygen atoms in total. The summed E-state index contributed by atoms with van der Waals surface area (Å²) >= 11 is 3.09. The van der Waals surface area contributed by atoms with E-state index in [1.165, 1.54) is 57.8 Å². The maximum atomic E-state index is 11.4. The van der Waals surface area contributed by atoms with Crippen molar-refractivity contribution >= 4 is 27.9 Å². The molecule has 1 atom stereocenters. The highest BCUT2D eigenvalue weighted by molar-refractivity contribution is 9.10. The van der Waals surface area contributed by atoms with Crippen LogP contribution < -0.4 is 0 Å². The molecule has 0 bridgehead atoms. The first-order valence-corrected chi connectivity index (χ1v) is 11.0. The Hall–Kier alpha value is -0.640. The third-order valence-corrected chi connectivity index (χ3v) is 4.56. The van der Waals surface area contributed by atoms with Gasteiger partial charge in [-0.2, -0.15) is 0 Å². The third-order valence-electron chi connectivity index (χ3n) is 4.18. The Morgan fingerprint density at radius 1 is 0.840 bits per heavy atom. The van der Waals surface area contributed by atoms with Crippen LogP contribution in [-0.4, -0.2) is 16.8 Å². The first-order valence-electron chi connectivity index (χ1n) is 10.1. The molecule has 25 heavy (non-hydrogen) atoms. The van der Waals surface area contributed by atoms with Gasteiger partial charge in [0.2, 0.25) is 0 Å². The summed E-state index contributed by atoms with van der Waals surface area (Å²) in [5.74, 6) is -0.910. The summed E-state index contributed by atoms with van der Waals surface area (Å²) in [5, 5.41) is 0. The van der Waals surface area contributed by atoms with Gasteiger partial charge in [-0.3, -0.25) is 9.59 Å². The molecule has 4 heteroatoms. The summed E-state index contributed by atoms with van der Waals surface area (Å²) in [4.78, 5) is 22.2. The number of hydrogen-bond donors (Lipinski definition) is 0. The molecule has 0 N–H and O–H groups in total. The zero-order chi connectivity index (χ0) is 18.8. The molecule has 0 saturated heterocycles. The molecule has 0 amide bonds. The van der Waals surface area contributed by atoms with Crippen LogP contribution in [0.1, 0.15) is 104 Å². The molecule has 0 aromatic heterocycles. The number of carbonyl (C=O) groups excluding carboxylic acids is 2. The number of rotatable bonds is 16. The first-order chi connectivity index (χ1) is 12.1. The molecular weight excluding hydrogens is 380 g/mol. The minimum atomic E-state index is -0.502. The Labute approximate surface area is 163 Å². The van der Waals surface area contributed by atoms with Crippen LogP contribution in [0.25, 0.3) is 0 Å². The van der Waals surface area contributed by atoms with Gasteiger partial charge >= 0.3 is 11.9 Å². The molecule has 0 aliphatic heterocycles. The van der Waals surface area contributed by atoms with Gasteiger partial charge in [-0.25, -0.2) is 0 Å². The second-order valence-electron chi connectivity index (χ2n) is 6.74. The topological polar surface area (TPSA) is 43.4 Å². The largest absolute Gasteiger partial charge is 0.392 e. The lowest BCUT2D eigenvalue weighted by Gasteiger charge is -2.04. The number of unbranched alkanes of at least 4 members (excludes halogenated alkanes) is 11. The quantitative estimate of drug-likeness (QED) is 0.0904. The summed E-state index contributed by atoms with van der Waals surface area (Å²) in [7, 11) is 0. The molecule has 0 spiro atoms. The summed E-state index contributed by atoms with van der Waals surface area (Å²) in [6.45, 7) is 3.91. The van der Waals surface area contributed by atoms with Gasteiger partial charge < -0.3 is 4.74 Å². The van der Waals surface area contributed by atoms with Crippen LogP contribution in [-0.2, 0) is 14.3 Å². The van der Waals surface area contributed by atoms with Gasteiger partial charge in [-0.05, 0) is 39.0 Å². The van der Waals surface area contributed by atoms with E-state index in [4.69, 9.17) is 4.74 Å². The molecule has 0 aliphatic carbocycles. The Balaban J connectivity index is 3.29. The van der Waals surface area contributed by atoms with Crippen molar-refractivity contribution < 1.29 is 14.3 Å². The molecule has 0 saturated carbocycles. The molecule has 0 rings (SSSR count). The van der Waals surface area contributed by atoms with Gasteiger partial charge in [0.05, 0.1) is 0 Å². The molecule has 1 unspecified atom stereocenters. The van der Waals surface area contributed by atoms with Crippen molar-refractivity contribution in [1.29, 1.82) is 0 Å². The molecule has 0 fully saturated rings. The fourth-order valence-corrected chi connectivity index (χ4v) is 2.68. The zero-order valence-electron chi connectivity index (χ0n) is 16.2. The maximum absolute atomic E-state index is 11.4. The molecule has 146 valence electrons. The van der Waals surface area contributed by atoms with E-state index in [0.717, 1.165) is 25.7 Å². The van der Waals surface area contributed by atoms with Crippen molar-refractivity contribution in [2.45, 2.75) is 109 Å². The van der Waals surface area contributed by atoms with E-state index in [2.05, 4.69) is 35.0 Å². The second-order valence-corrected chi connectivity index (χ2v) is 8.12. The minimum absolute atomic E-state index is 0.337. The summed E-state index contributed by atoms with van der Waals surface area (Å²) in [6.07, 6.45) is 20.9. The van der Waals surface area contributed by atoms with Gasteiger partial charge in [-0.1, -0.05) is 86.4 Å². The summed E-state index contributed by atoms with van der Waals surface area (Å²) < 4.78 is 4.70. The molecule has 0 heterocycles. The Morgan fingerprint density at radius 3 is 1.84 bits per heavy atom. The van der Waals surface area contributed by atoms with Crippen molar-refractivity contribution in [3.05, 3.63) is 12.2 Å². The van der Waals surface area contributed by atoms with E-state index < -0.39 is 16.8 Å². The Bertz CT molecular complexity index is 364. The highest BCUT2D eigenvalue weighted by Crippen LogP contribution is 2.10. The number of allylic oxidation sites excluding steroid dienone is 2. The number of ether oxygens (including phenoxy) is 1. The van der Waals surface area contributed by atoms with Crippen LogP contribution in [0, 0.1) is 0 Å². The molecule has 0 aromatic carbocycles. The normalized spacial score (nSPS) is 12.4. The Morgan fingerprint density at radius 2 is 1.32 bits per heavy atom. The maximum Gasteiger partial charge on any atom is 0.327 e. The molecule has 0 radical (unpaired) electrons. The van der Waals surface area contributed by atoms with Gasteiger partial charge in [0, 0.05) is 6.42 Å². The lowest BCUT2D eigenvalue weighted by atomic mass is 10.1. The van der Waals surface area contributed by atoms with Gasteiger partial charge in [-0.15, -0.1) is 0 Å². The zero-order valence-corrected chi connectivity index (χ0v) is 17.8. The lowest BCUT2D eigenvalue weighted by molar-refractivity contribution is -0.159. The Kier molecular flexibility index (Phi) is 17.7. The standard InChI is InChI=1S/C21H37BrO3/c1-3-4-5-6-7-8-9-10-11-12-13-14-15-16-17-18-20(23)25-21(24)19(2)22/h10-11,19H,3-9,12-18H2,1-2H3. The number of carbonyl (C=O) groups is 2. The van der Waals surface area contributed by atoms with Gasteiger partial charge in [0.25, 0.3) is 0 Å². The molecule has 0 aromatic rings. The van der Waals surface area contributed by atoms with Crippen molar-refractivity contribution in [2.75, 3.05) is 0 Å². The number of halogens is 1. The number of esters is 2. The number of alkyl halides is 1. The van der Waals surface area contributed by atoms with E-state index in [1.54, 1.807) is 6.92 Å². The summed E-state index contributed by atoms with van der Waals surface area (Å²) in [5.41, 5.74) is 0. The van der Waals surface area contributed by atoms with Crippen LogP contribution >= 0.6 is 15.9 Å². The monoisotopic (exact) mass is 416 g/mol. The number of hydrogen-bond acceptors (Lipinski definition) is 3. The second kappa shape index (κ2) is 18.2. The van der Waals surface area contributed by atoms with Crippen molar-refractivity contribution in [1.82, 2.24) is 0 Å². The van der Waals surface area contributed by atoms with E-state index in [1.807, 2.05) is 0 Å². The first kappa shape index (κ1) is 24.4. The van der Waals surface area contributed by atoms with Crippen molar-refractivity contribution in [2.24, 2.45) is 0 Å². The van der Waals surface area contributed by atoms with E-state index in [0.29, 0.717) is 6.42 Å². The van der Waals surface area contributed by atoms with Crippen LogP contribution in [0.3, 0.4) is 0 Å². The summed E-state index contributed by atoms with van der Waals surface area (Å²) in [6, 6.07) is 0. The average Bonchev–Trinajstić information content (AvgIpc) is 2.58. The van der Waals surface area contributed by atoms with Gasteiger partial charge in [0.1, 0.15) is 4.83 Å². The highest BCUT2D eigenvalue weighted by Gasteiger charge is 2.14. The molecular formula is C21H37BrO3. The van der Waals surface area contributed by atoms with Gasteiger partial charge in [0.15, 0.2) is 0 Å². The third kappa shape index (κ3) is 18.0. The van der Waals surface area contributed by atoms with E-state index in [9.17, 15) is 9.59 Å². The van der Waals surface area contributed by atoms with Crippen LogP contribution in [0.2, 0.25) is 0 Å². The SMILES string of the molecule is CCCCCCCCC=CCCCCCCCC(=O)OC(=O)C(C)Br. The van der Waals surface area contributed by atoms with E-state index >= 15 is 0 Å². The lowest BCUT2D eigenvalue weighted by Crippen LogP contribution is -2.18. The van der Waals surface area contributed by atoms with Crippen LogP contribution in [0.5, 0.6) is 0 Å². The highest BCUT2D eigenvalue weighted by atomic mass is 79.9. The smallest absolute Gasteiger partial charge is 0.327 e. The van der Waals surface area contributed by atoms with Crippen LogP contribution in [0.4, 0.5) is 0 Å². The predicted octanol–water partition coefficient (Wildman–Crippen LogP) is 6.88. The minimum Gasteiger partial charge on any atom is -0.392 e.